The molecule has 0 aromatic carbocycles. The normalized spacial score (nSPS) is 10.5. The molecular weight excluding hydrogens is 230 g/mol. The summed E-state index contributed by atoms with van der Waals surface area (Å²) in [6.45, 7) is 0. The van der Waals surface area contributed by atoms with Crippen LogP contribution in [0.4, 0.5) is 0 Å². The molecule has 0 unspecified atom stereocenters. The zero-order valence-corrected chi connectivity index (χ0v) is 9.11. The Hall–Kier alpha value is -1.76. The fraction of sp³-hybridized carbons (Fsp3) is 0.333. The number of carboxylic acid groups (broad SMARTS) is 1. The van der Waals surface area contributed by atoms with Gasteiger partial charge in [-0.2, -0.15) is 4.98 Å². The van der Waals surface area contributed by atoms with Crippen LogP contribution in [-0.4, -0.2) is 26.2 Å². The van der Waals surface area contributed by atoms with Gasteiger partial charge in [0.05, 0.1) is 10.4 Å². The van der Waals surface area contributed by atoms with Gasteiger partial charge in [0, 0.05) is 19.0 Å². The van der Waals surface area contributed by atoms with Crippen LogP contribution in [-0.2, 0) is 11.2 Å². The van der Waals surface area contributed by atoms with Gasteiger partial charge in [0.1, 0.15) is 0 Å². The molecular formula is C9H9N3O3S. The van der Waals surface area contributed by atoms with E-state index in [0.717, 1.165) is 4.88 Å². The van der Waals surface area contributed by atoms with E-state index >= 15 is 0 Å². The van der Waals surface area contributed by atoms with Crippen LogP contribution in [0.1, 0.15) is 18.7 Å². The van der Waals surface area contributed by atoms with Crippen molar-refractivity contribution in [2.45, 2.75) is 19.3 Å². The third-order valence-corrected chi connectivity index (χ3v) is 2.67. The van der Waals surface area contributed by atoms with Gasteiger partial charge in [0.25, 0.3) is 0 Å². The first-order valence-corrected chi connectivity index (χ1v) is 5.57. The molecule has 0 bridgehead atoms. The molecule has 7 heteroatoms. The molecule has 84 valence electrons. The molecule has 0 radical (unpaired) electrons. The topological polar surface area (TPSA) is 89.1 Å². The van der Waals surface area contributed by atoms with Crippen molar-refractivity contribution in [3.05, 3.63) is 17.6 Å². The van der Waals surface area contributed by atoms with E-state index in [9.17, 15) is 4.79 Å². The lowest BCUT2D eigenvalue weighted by atomic mass is 10.2. The first-order chi connectivity index (χ1) is 7.75. The van der Waals surface area contributed by atoms with Crippen molar-refractivity contribution in [3.8, 4) is 10.7 Å². The molecule has 2 aromatic rings. The van der Waals surface area contributed by atoms with Crippen LogP contribution < -0.4 is 0 Å². The molecule has 0 aliphatic carbocycles. The van der Waals surface area contributed by atoms with E-state index < -0.39 is 5.97 Å². The third-order valence-electron chi connectivity index (χ3n) is 1.90. The Bertz CT molecular complexity index is 466. The van der Waals surface area contributed by atoms with Gasteiger partial charge in [-0.25, -0.2) is 0 Å². The molecule has 0 saturated carbocycles. The number of hydrogen-bond donors (Lipinski definition) is 1. The Labute approximate surface area is 94.9 Å². The van der Waals surface area contributed by atoms with Crippen LogP contribution in [0.3, 0.4) is 0 Å². The average molecular weight is 239 g/mol. The fourth-order valence-corrected chi connectivity index (χ4v) is 1.72. The number of thiazole rings is 1. The van der Waals surface area contributed by atoms with Crippen LogP contribution >= 0.6 is 11.3 Å². The molecule has 2 rings (SSSR count). The maximum atomic E-state index is 10.3. The molecule has 0 aliphatic rings. The molecule has 0 amide bonds. The van der Waals surface area contributed by atoms with Crippen molar-refractivity contribution in [1.82, 2.24) is 15.1 Å². The van der Waals surface area contributed by atoms with Crippen molar-refractivity contribution < 1.29 is 14.4 Å². The van der Waals surface area contributed by atoms with Crippen LogP contribution in [0.25, 0.3) is 10.7 Å². The van der Waals surface area contributed by atoms with E-state index in [1.807, 2.05) is 0 Å². The molecule has 2 heterocycles. The number of aromatic nitrogens is 3. The molecule has 16 heavy (non-hydrogen) atoms. The summed E-state index contributed by atoms with van der Waals surface area (Å²) in [5.74, 6) is 0.152. The number of aryl methyl sites for hydroxylation is 1. The number of hydrogen-bond acceptors (Lipinski definition) is 6. The van der Waals surface area contributed by atoms with Crippen molar-refractivity contribution in [2.24, 2.45) is 0 Å². The minimum atomic E-state index is -0.817. The van der Waals surface area contributed by atoms with E-state index in [2.05, 4.69) is 15.1 Å². The van der Waals surface area contributed by atoms with Crippen molar-refractivity contribution in [2.75, 3.05) is 0 Å². The second-order valence-corrected chi connectivity index (χ2v) is 4.01. The smallest absolute Gasteiger partial charge is 0.303 e. The molecule has 1 N–H and O–H groups in total. The van der Waals surface area contributed by atoms with Crippen LogP contribution in [0, 0.1) is 0 Å². The van der Waals surface area contributed by atoms with Crippen LogP contribution in [0.2, 0.25) is 0 Å². The van der Waals surface area contributed by atoms with Gasteiger partial charge in [-0.3, -0.25) is 9.78 Å². The largest absolute Gasteiger partial charge is 0.481 e. The second kappa shape index (κ2) is 4.84. The molecule has 0 aliphatic heterocycles. The molecule has 6 nitrogen and oxygen atoms in total. The molecule has 0 fully saturated rings. The van der Waals surface area contributed by atoms with Gasteiger partial charge in [-0.05, 0) is 6.42 Å². The SMILES string of the molecule is O=C(O)CCCc1nc(-c2cncs2)no1. The van der Waals surface area contributed by atoms with Gasteiger partial charge >= 0.3 is 5.97 Å². The molecule has 0 spiro atoms. The zero-order chi connectivity index (χ0) is 11.4. The van der Waals surface area contributed by atoms with Gasteiger partial charge in [0.15, 0.2) is 0 Å². The number of nitrogens with zero attached hydrogens (tertiary/aromatic N) is 3. The number of carboxylic acids is 1. The van der Waals surface area contributed by atoms with Crippen molar-refractivity contribution in [1.29, 1.82) is 0 Å². The summed E-state index contributed by atoms with van der Waals surface area (Å²) in [6, 6.07) is 0. The van der Waals surface area contributed by atoms with Crippen LogP contribution in [0.15, 0.2) is 16.2 Å². The Balaban J connectivity index is 1.95. The highest BCUT2D eigenvalue weighted by Gasteiger charge is 2.09. The minimum Gasteiger partial charge on any atom is -0.481 e. The summed E-state index contributed by atoms with van der Waals surface area (Å²) in [5.41, 5.74) is 1.69. The molecule has 2 aromatic heterocycles. The highest BCUT2D eigenvalue weighted by molar-refractivity contribution is 7.13. The monoisotopic (exact) mass is 239 g/mol. The summed E-state index contributed by atoms with van der Waals surface area (Å²) >= 11 is 1.43. The molecule has 0 saturated heterocycles. The van der Waals surface area contributed by atoms with E-state index in [0.29, 0.717) is 24.6 Å². The number of rotatable bonds is 5. The standard InChI is InChI=1S/C9H9N3O3S/c13-8(14)3-1-2-7-11-9(12-15-7)6-4-10-5-16-6/h4-5H,1-3H2,(H,13,14). The Morgan fingerprint density at radius 3 is 3.12 bits per heavy atom. The minimum absolute atomic E-state index is 0.109. The first kappa shape index (κ1) is 10.7. The molecule has 0 atom stereocenters. The quantitative estimate of drug-likeness (QED) is 0.852. The first-order valence-electron chi connectivity index (χ1n) is 4.69. The lowest BCUT2D eigenvalue weighted by Crippen LogP contribution is -1.95. The lowest BCUT2D eigenvalue weighted by Gasteiger charge is -1.90. The third kappa shape index (κ3) is 2.63. The zero-order valence-electron chi connectivity index (χ0n) is 8.29. The Morgan fingerprint density at radius 2 is 2.44 bits per heavy atom. The van der Waals surface area contributed by atoms with Gasteiger partial charge in [-0.15, -0.1) is 11.3 Å². The maximum Gasteiger partial charge on any atom is 0.303 e. The summed E-state index contributed by atoms with van der Waals surface area (Å²) in [4.78, 5) is 19.2. The van der Waals surface area contributed by atoms with Gasteiger partial charge in [-0.1, -0.05) is 5.16 Å². The average Bonchev–Trinajstić information content (AvgIpc) is 2.85. The fourth-order valence-electron chi connectivity index (χ4n) is 1.17. The van der Waals surface area contributed by atoms with Gasteiger partial charge < -0.3 is 9.63 Å². The summed E-state index contributed by atoms with van der Waals surface area (Å²) in [7, 11) is 0. The highest BCUT2D eigenvalue weighted by Crippen LogP contribution is 2.19. The van der Waals surface area contributed by atoms with E-state index in [-0.39, 0.29) is 6.42 Å². The highest BCUT2D eigenvalue weighted by atomic mass is 32.1. The maximum absolute atomic E-state index is 10.3. The van der Waals surface area contributed by atoms with E-state index in [1.165, 1.54) is 11.3 Å². The van der Waals surface area contributed by atoms with Crippen LogP contribution in [0.5, 0.6) is 0 Å². The predicted molar refractivity (Wildman–Crippen MR) is 56.0 cm³/mol. The summed E-state index contributed by atoms with van der Waals surface area (Å²) < 4.78 is 5.00. The van der Waals surface area contributed by atoms with Crippen molar-refractivity contribution >= 4 is 17.3 Å². The van der Waals surface area contributed by atoms with Gasteiger partial charge in [0.2, 0.25) is 11.7 Å². The number of carbonyl (C=O) groups is 1. The summed E-state index contributed by atoms with van der Waals surface area (Å²) in [5, 5.41) is 12.3. The van der Waals surface area contributed by atoms with E-state index in [4.69, 9.17) is 9.63 Å². The predicted octanol–water partition coefficient (Wildman–Crippen LogP) is 1.60. The van der Waals surface area contributed by atoms with E-state index in [1.54, 1.807) is 11.7 Å². The van der Waals surface area contributed by atoms with Crippen molar-refractivity contribution in [3.63, 3.8) is 0 Å². The summed E-state index contributed by atoms with van der Waals surface area (Å²) in [6.07, 6.45) is 2.76. The second-order valence-electron chi connectivity index (χ2n) is 3.12. The Kier molecular flexibility index (Phi) is 3.25. The Morgan fingerprint density at radius 1 is 1.56 bits per heavy atom. The lowest BCUT2D eigenvalue weighted by molar-refractivity contribution is -0.137. The number of aliphatic carboxylic acids is 1.